The predicted molar refractivity (Wildman–Crippen MR) is 98.4 cm³/mol. The smallest absolute Gasteiger partial charge is 0.323 e. The number of carbonyl (C=O) groups is 2. The van der Waals surface area contributed by atoms with Crippen LogP contribution in [-0.2, 0) is 11.2 Å². The molecule has 2 aromatic rings. The number of urea groups is 1. The largest absolute Gasteiger partial charge is 0.324 e. The molecule has 8 heteroatoms. The van der Waals surface area contributed by atoms with Gasteiger partial charge >= 0.3 is 6.03 Å². The van der Waals surface area contributed by atoms with E-state index >= 15 is 0 Å². The number of hydrogen-bond donors (Lipinski definition) is 1. The number of rotatable bonds is 4. The van der Waals surface area contributed by atoms with Gasteiger partial charge in [0.05, 0.1) is 11.7 Å². The van der Waals surface area contributed by atoms with Crippen molar-refractivity contribution in [3.05, 3.63) is 64.7 Å². The number of halogens is 3. The molecule has 0 radical (unpaired) electrons. The number of nitrogens with one attached hydrogen (secondary N) is 1. The van der Waals surface area contributed by atoms with E-state index in [2.05, 4.69) is 5.32 Å². The summed E-state index contributed by atoms with van der Waals surface area (Å²) in [5.74, 6) is -0.910. The summed E-state index contributed by atoms with van der Waals surface area (Å²) < 4.78 is 26.2. The number of anilines is 1. The first kappa shape index (κ1) is 19.1. The van der Waals surface area contributed by atoms with Gasteiger partial charge in [0.2, 0.25) is 5.91 Å². The molecule has 0 aliphatic carbocycles. The van der Waals surface area contributed by atoms with Gasteiger partial charge in [-0.2, -0.15) is 0 Å². The Hall–Kier alpha value is -2.67. The highest BCUT2D eigenvalue weighted by Crippen LogP contribution is 2.20. The molecule has 1 saturated heterocycles. The quantitative estimate of drug-likeness (QED) is 0.857. The lowest BCUT2D eigenvalue weighted by molar-refractivity contribution is -0.136. The van der Waals surface area contributed by atoms with E-state index in [4.69, 9.17) is 11.6 Å². The molecule has 1 heterocycles. The van der Waals surface area contributed by atoms with Crippen molar-refractivity contribution >= 4 is 29.2 Å². The molecular weight excluding hydrogens is 376 g/mol. The summed E-state index contributed by atoms with van der Waals surface area (Å²) in [6, 6.07) is 9.63. The van der Waals surface area contributed by atoms with Crippen LogP contribution in [0.3, 0.4) is 0 Å². The van der Waals surface area contributed by atoms with Gasteiger partial charge in [-0.05, 0) is 42.3 Å². The number of hydrogen-bond acceptors (Lipinski definition) is 2. The normalized spacial score (nSPS) is 14.4. The van der Waals surface area contributed by atoms with Crippen LogP contribution in [0.5, 0.6) is 0 Å². The van der Waals surface area contributed by atoms with Crippen LogP contribution >= 0.6 is 11.6 Å². The first-order valence-electron chi connectivity index (χ1n) is 8.45. The van der Waals surface area contributed by atoms with Gasteiger partial charge in [0.25, 0.3) is 0 Å². The molecule has 142 valence electrons. The molecule has 3 amide bonds. The molecule has 0 bridgehead atoms. The van der Waals surface area contributed by atoms with Crippen LogP contribution in [0.15, 0.2) is 42.5 Å². The second kappa shape index (κ2) is 8.35. The van der Waals surface area contributed by atoms with E-state index in [9.17, 15) is 18.4 Å². The summed E-state index contributed by atoms with van der Waals surface area (Å²) in [6.45, 7) is 0.879. The Bertz CT molecular complexity index is 845. The maximum atomic E-state index is 13.2. The summed E-state index contributed by atoms with van der Waals surface area (Å²) in [5.41, 5.74) is 1.29. The van der Waals surface area contributed by atoms with Crippen molar-refractivity contribution in [2.75, 3.05) is 25.1 Å². The summed E-state index contributed by atoms with van der Waals surface area (Å²) in [4.78, 5) is 27.6. The van der Waals surface area contributed by atoms with Crippen LogP contribution in [0.4, 0.5) is 19.3 Å². The van der Waals surface area contributed by atoms with E-state index in [1.165, 1.54) is 35.2 Å². The second-order valence-corrected chi connectivity index (χ2v) is 6.65. The minimum absolute atomic E-state index is 0.0361. The fraction of sp³-hybridized carbons (Fsp3) is 0.263. The molecule has 1 N–H and O–H groups in total. The lowest BCUT2D eigenvalue weighted by atomic mass is 10.1. The van der Waals surface area contributed by atoms with Gasteiger partial charge in [-0.25, -0.2) is 13.6 Å². The van der Waals surface area contributed by atoms with Gasteiger partial charge in [0.15, 0.2) is 0 Å². The van der Waals surface area contributed by atoms with Crippen molar-refractivity contribution in [3.8, 4) is 0 Å². The lowest BCUT2D eigenvalue weighted by Gasteiger charge is -2.35. The van der Waals surface area contributed by atoms with Gasteiger partial charge in [-0.1, -0.05) is 23.7 Å². The minimum atomic E-state index is -0.565. The highest BCUT2D eigenvalue weighted by atomic mass is 35.5. The zero-order valence-corrected chi connectivity index (χ0v) is 15.2. The first-order chi connectivity index (χ1) is 12.9. The Morgan fingerprint density at radius 1 is 1.15 bits per heavy atom. The minimum Gasteiger partial charge on any atom is -0.324 e. The van der Waals surface area contributed by atoms with Crippen LogP contribution in [0.2, 0.25) is 5.02 Å². The highest BCUT2D eigenvalue weighted by molar-refractivity contribution is 6.31. The summed E-state index contributed by atoms with van der Waals surface area (Å²) >= 11 is 5.72. The molecule has 3 rings (SSSR count). The number of nitrogens with zero attached hydrogens (tertiary/aromatic N) is 2. The van der Waals surface area contributed by atoms with E-state index in [0.717, 1.165) is 5.56 Å². The Morgan fingerprint density at radius 3 is 2.59 bits per heavy atom. The van der Waals surface area contributed by atoms with Crippen molar-refractivity contribution in [1.29, 1.82) is 0 Å². The molecular formula is C19H18ClF2N3O2. The van der Waals surface area contributed by atoms with E-state index in [-0.39, 0.29) is 29.8 Å². The number of amides is 3. The van der Waals surface area contributed by atoms with E-state index in [1.54, 1.807) is 17.0 Å². The van der Waals surface area contributed by atoms with Gasteiger partial charge < -0.3 is 15.1 Å². The Morgan fingerprint density at radius 2 is 1.89 bits per heavy atom. The monoisotopic (exact) mass is 393 g/mol. The second-order valence-electron chi connectivity index (χ2n) is 6.25. The Labute approximate surface area is 160 Å². The lowest BCUT2D eigenvalue weighted by Crippen LogP contribution is -2.52. The molecule has 5 nitrogen and oxygen atoms in total. The van der Waals surface area contributed by atoms with Gasteiger partial charge in [0.1, 0.15) is 11.6 Å². The van der Waals surface area contributed by atoms with Gasteiger partial charge in [0, 0.05) is 25.2 Å². The fourth-order valence-corrected chi connectivity index (χ4v) is 2.98. The third-order valence-corrected chi connectivity index (χ3v) is 4.62. The van der Waals surface area contributed by atoms with Crippen molar-refractivity contribution in [3.63, 3.8) is 0 Å². The average Bonchev–Trinajstić information content (AvgIpc) is 2.65. The topological polar surface area (TPSA) is 52.7 Å². The first-order valence-corrected chi connectivity index (χ1v) is 8.83. The maximum Gasteiger partial charge on any atom is 0.323 e. The van der Waals surface area contributed by atoms with Crippen molar-refractivity contribution in [2.24, 2.45) is 0 Å². The zero-order valence-electron chi connectivity index (χ0n) is 14.4. The molecule has 27 heavy (non-hydrogen) atoms. The standard InChI is InChI=1S/C19H18ClF2N3O2/c20-16-11-15(5-6-17(16)22)23-19(27)25-10-8-18(26)24(12-25)9-7-13-1-3-14(21)4-2-13/h1-6,11H,7-10,12H2,(H,23,27). The Balaban J connectivity index is 1.58. The molecule has 1 fully saturated rings. The third-order valence-electron chi connectivity index (χ3n) is 4.33. The number of carbonyl (C=O) groups excluding carboxylic acids is 2. The molecule has 0 spiro atoms. The number of benzene rings is 2. The predicted octanol–water partition coefficient (Wildman–Crippen LogP) is 3.88. The third kappa shape index (κ3) is 4.95. The highest BCUT2D eigenvalue weighted by Gasteiger charge is 2.26. The zero-order chi connectivity index (χ0) is 19.4. The van der Waals surface area contributed by atoms with Gasteiger partial charge in [-0.15, -0.1) is 0 Å². The van der Waals surface area contributed by atoms with E-state index in [0.29, 0.717) is 25.2 Å². The van der Waals surface area contributed by atoms with Crippen molar-refractivity contribution < 1.29 is 18.4 Å². The average molecular weight is 394 g/mol. The van der Waals surface area contributed by atoms with Crippen LogP contribution in [0.25, 0.3) is 0 Å². The van der Waals surface area contributed by atoms with Crippen molar-refractivity contribution in [1.82, 2.24) is 9.80 Å². The molecule has 0 saturated carbocycles. The molecule has 0 aromatic heterocycles. The van der Waals surface area contributed by atoms with Crippen LogP contribution in [-0.4, -0.2) is 41.5 Å². The van der Waals surface area contributed by atoms with Gasteiger partial charge in [-0.3, -0.25) is 4.79 Å². The molecule has 1 aliphatic rings. The molecule has 1 aliphatic heterocycles. The molecule has 2 aromatic carbocycles. The Kier molecular flexibility index (Phi) is 5.91. The van der Waals surface area contributed by atoms with Crippen LogP contribution in [0, 0.1) is 11.6 Å². The molecule has 0 unspecified atom stereocenters. The van der Waals surface area contributed by atoms with Crippen molar-refractivity contribution in [2.45, 2.75) is 12.8 Å². The molecule has 0 atom stereocenters. The van der Waals surface area contributed by atoms with E-state index < -0.39 is 11.8 Å². The van der Waals surface area contributed by atoms with Crippen LogP contribution in [0.1, 0.15) is 12.0 Å². The van der Waals surface area contributed by atoms with E-state index in [1.807, 2.05) is 0 Å². The maximum absolute atomic E-state index is 13.2. The summed E-state index contributed by atoms with van der Waals surface area (Å²) in [5, 5.41) is 2.57. The SMILES string of the molecule is O=C1CCN(C(=O)Nc2ccc(F)c(Cl)c2)CN1CCc1ccc(F)cc1. The fourth-order valence-electron chi connectivity index (χ4n) is 2.80. The summed E-state index contributed by atoms with van der Waals surface area (Å²) in [7, 11) is 0. The summed E-state index contributed by atoms with van der Waals surface area (Å²) in [6.07, 6.45) is 0.788. The van der Waals surface area contributed by atoms with Crippen LogP contribution < -0.4 is 5.32 Å².